The van der Waals surface area contributed by atoms with Crippen LogP contribution >= 0.6 is 11.6 Å². The number of carbonyl (C=O) groups is 2. The van der Waals surface area contributed by atoms with Crippen LogP contribution in [0.15, 0.2) is 18.2 Å². The summed E-state index contributed by atoms with van der Waals surface area (Å²) in [4.78, 5) is 26.1. The summed E-state index contributed by atoms with van der Waals surface area (Å²) in [5.41, 5.74) is -0.684. The van der Waals surface area contributed by atoms with Gasteiger partial charge in [-0.25, -0.2) is 0 Å². The first-order valence-corrected chi connectivity index (χ1v) is 12.4. The minimum atomic E-state index is -4.65. The smallest absolute Gasteiger partial charge is 0.482 e. The lowest BCUT2D eigenvalue weighted by molar-refractivity contribution is -0.354. The Kier molecular flexibility index (Phi) is 6.43. The molecule has 2 aliphatic carbocycles. The number of ether oxygens (including phenoxy) is 3. The normalized spacial score (nSPS) is 36.1. The van der Waals surface area contributed by atoms with Gasteiger partial charge in [-0.05, 0) is 62.6 Å². The van der Waals surface area contributed by atoms with Gasteiger partial charge in [0.2, 0.25) is 0 Å². The van der Waals surface area contributed by atoms with Crippen molar-refractivity contribution in [2.24, 2.45) is 11.3 Å². The number of benzene rings is 1. The monoisotopic (exact) mass is 516 g/mol. The zero-order chi connectivity index (χ0) is 25.0. The van der Waals surface area contributed by atoms with Crippen molar-refractivity contribution in [2.45, 2.75) is 88.1 Å². The van der Waals surface area contributed by atoms with E-state index in [9.17, 15) is 27.9 Å². The van der Waals surface area contributed by atoms with Crippen molar-refractivity contribution < 1.29 is 42.1 Å². The summed E-state index contributed by atoms with van der Waals surface area (Å²) >= 11 is 6.00. The van der Waals surface area contributed by atoms with Crippen molar-refractivity contribution in [3.05, 3.63) is 28.8 Å². The number of fused-ring (bicyclic) bond motifs is 4. The predicted octanol–water partition coefficient (Wildman–Crippen LogP) is 5.09. The molecule has 3 heterocycles. The van der Waals surface area contributed by atoms with Gasteiger partial charge in [-0.2, -0.15) is 0 Å². The molecule has 0 amide bonds. The average Bonchev–Trinajstić information content (AvgIpc) is 2.78. The summed E-state index contributed by atoms with van der Waals surface area (Å²) in [7, 11) is 0. The molecule has 6 rings (SSSR count). The predicted molar refractivity (Wildman–Crippen MR) is 118 cm³/mol. The van der Waals surface area contributed by atoms with E-state index in [1.807, 2.05) is 0 Å². The summed E-state index contributed by atoms with van der Waals surface area (Å²) < 4.78 is 52.9. The van der Waals surface area contributed by atoms with Crippen LogP contribution in [-0.2, 0) is 19.1 Å². The van der Waals surface area contributed by atoms with Crippen LogP contribution in [0.3, 0.4) is 0 Å². The molecule has 3 aliphatic heterocycles. The van der Waals surface area contributed by atoms with Crippen LogP contribution in [0.4, 0.5) is 13.2 Å². The number of hydrogen-bond donors (Lipinski definition) is 1. The molecule has 5 aliphatic rings. The third-order valence-electron chi connectivity index (χ3n) is 8.19. The molecule has 0 unspecified atom stereocenters. The molecule has 2 saturated heterocycles. The molecule has 0 aromatic heterocycles. The Hall–Kier alpha value is -1.68. The second-order valence-electron chi connectivity index (χ2n) is 10.6. The number of halogens is 4. The van der Waals surface area contributed by atoms with Gasteiger partial charge < -0.3 is 14.6 Å². The van der Waals surface area contributed by atoms with Crippen molar-refractivity contribution in [2.75, 3.05) is 6.61 Å². The Balaban J connectivity index is 1.13. The number of aliphatic hydroxyl groups excluding tert-OH is 1. The lowest BCUT2D eigenvalue weighted by Crippen LogP contribution is -2.57. The number of aliphatic hydroxyl groups is 1. The van der Waals surface area contributed by atoms with E-state index in [4.69, 9.17) is 21.1 Å². The molecule has 0 spiro atoms. The molecule has 1 aromatic rings. The number of carbonyl (C=O) groups excluding carboxylic acids is 2. The molecular formula is C25H28ClF3O6. The van der Waals surface area contributed by atoms with Gasteiger partial charge in [-0.3, -0.25) is 14.3 Å². The zero-order valence-electron chi connectivity index (χ0n) is 19.1. The topological polar surface area (TPSA) is 82.1 Å². The van der Waals surface area contributed by atoms with E-state index in [0.717, 1.165) is 0 Å². The molecule has 1 N–H and O–H groups in total. The molecule has 35 heavy (non-hydrogen) atoms. The Morgan fingerprint density at radius 2 is 1.86 bits per heavy atom. The van der Waals surface area contributed by atoms with E-state index in [-0.39, 0.29) is 61.6 Å². The van der Waals surface area contributed by atoms with Crippen molar-refractivity contribution in [3.63, 3.8) is 0 Å². The molecule has 1 aromatic carbocycles. The van der Waals surface area contributed by atoms with Crippen molar-refractivity contribution >= 4 is 23.2 Å². The van der Waals surface area contributed by atoms with Crippen molar-refractivity contribution in [1.29, 1.82) is 0 Å². The van der Waals surface area contributed by atoms with Gasteiger partial charge in [-0.1, -0.05) is 11.6 Å². The quantitative estimate of drug-likeness (QED) is 0.544. The number of alkyl halides is 3. The van der Waals surface area contributed by atoms with E-state index in [1.54, 1.807) is 18.2 Å². The van der Waals surface area contributed by atoms with Gasteiger partial charge in [-0.15, -0.1) is 13.2 Å². The first-order chi connectivity index (χ1) is 16.5. The van der Waals surface area contributed by atoms with E-state index < -0.39 is 30.3 Å². The fraction of sp³-hybridized carbons (Fsp3) is 0.680. The van der Waals surface area contributed by atoms with E-state index >= 15 is 0 Å². The highest BCUT2D eigenvalue weighted by Gasteiger charge is 2.55. The molecule has 4 fully saturated rings. The van der Waals surface area contributed by atoms with Gasteiger partial charge in [0.15, 0.2) is 17.7 Å². The summed E-state index contributed by atoms with van der Waals surface area (Å²) in [6, 6.07) is 4.95. The summed E-state index contributed by atoms with van der Waals surface area (Å²) in [5.74, 6) is 0.187. The number of ketones is 2. The Labute approximate surface area is 206 Å². The minimum absolute atomic E-state index is 0.0541. The fourth-order valence-corrected chi connectivity index (χ4v) is 6.21. The highest BCUT2D eigenvalue weighted by molar-refractivity contribution is 6.30. The standard InChI is InChI=1S/C25H28ClF3O6/c26-15-1-2-20-17(10-15)18(30)11-21(34-20)19(31)12-23-3-5-24(6-4-23,33-13-23)22(32)9-14-7-16(8-14)35-25(27,28)29/h1-2,10,14,16,18,21,30H,3-9,11-13H2/t14?,16?,18-,21-,23?,24?/m0/s1. The maximum Gasteiger partial charge on any atom is 0.522 e. The van der Waals surface area contributed by atoms with E-state index in [1.165, 1.54) is 0 Å². The highest BCUT2D eigenvalue weighted by Crippen LogP contribution is 2.53. The molecule has 2 bridgehead atoms. The Morgan fingerprint density at radius 3 is 2.49 bits per heavy atom. The molecule has 2 saturated carbocycles. The summed E-state index contributed by atoms with van der Waals surface area (Å²) in [6.45, 7) is 0.288. The molecule has 6 nitrogen and oxygen atoms in total. The largest absolute Gasteiger partial charge is 0.522 e. The molecule has 2 atom stereocenters. The van der Waals surface area contributed by atoms with E-state index in [0.29, 0.717) is 42.0 Å². The number of Topliss-reactive ketones (excluding diaryl/α,β-unsaturated/α-hetero) is 2. The van der Waals surface area contributed by atoms with Gasteiger partial charge in [0, 0.05) is 35.3 Å². The van der Waals surface area contributed by atoms with Crippen LogP contribution in [0.1, 0.15) is 69.5 Å². The molecule has 10 heteroatoms. The van der Waals surface area contributed by atoms with Crippen LogP contribution in [0.2, 0.25) is 5.02 Å². The zero-order valence-corrected chi connectivity index (χ0v) is 19.9. The van der Waals surface area contributed by atoms with Crippen LogP contribution in [-0.4, -0.2) is 47.5 Å². The molecule has 0 radical (unpaired) electrons. The third kappa shape index (κ3) is 5.10. The van der Waals surface area contributed by atoms with Gasteiger partial charge in [0.25, 0.3) is 0 Å². The lowest BCUT2D eigenvalue weighted by Gasteiger charge is -2.53. The highest BCUT2D eigenvalue weighted by atomic mass is 35.5. The average molecular weight is 517 g/mol. The van der Waals surface area contributed by atoms with Crippen molar-refractivity contribution in [1.82, 2.24) is 0 Å². The first-order valence-electron chi connectivity index (χ1n) is 12.0. The SMILES string of the molecule is O=C(CC12CCC(C(=O)CC3CC(OC(F)(F)F)C3)(CC1)OC2)[C@@H]1C[C@H](O)c2cc(Cl)ccc2O1. The maximum absolute atomic E-state index is 13.1. The van der Waals surface area contributed by atoms with Gasteiger partial charge in [0.05, 0.1) is 18.8 Å². The molecular weight excluding hydrogens is 489 g/mol. The van der Waals surface area contributed by atoms with Crippen LogP contribution < -0.4 is 4.74 Å². The maximum atomic E-state index is 13.1. The summed E-state index contributed by atoms with van der Waals surface area (Å²) in [6.07, 6.45) is -3.72. The number of hydrogen-bond acceptors (Lipinski definition) is 6. The first kappa shape index (κ1) is 25.0. The van der Waals surface area contributed by atoms with Crippen LogP contribution in [0, 0.1) is 11.3 Å². The van der Waals surface area contributed by atoms with Gasteiger partial charge in [0.1, 0.15) is 11.4 Å². The van der Waals surface area contributed by atoms with Gasteiger partial charge >= 0.3 is 6.36 Å². The van der Waals surface area contributed by atoms with E-state index in [2.05, 4.69) is 4.74 Å². The minimum Gasteiger partial charge on any atom is -0.482 e. The van der Waals surface area contributed by atoms with Crippen LogP contribution in [0.25, 0.3) is 0 Å². The summed E-state index contributed by atoms with van der Waals surface area (Å²) in [5, 5.41) is 11.0. The Morgan fingerprint density at radius 1 is 1.14 bits per heavy atom. The second kappa shape index (κ2) is 9.01. The number of rotatable bonds is 7. The second-order valence-corrected chi connectivity index (χ2v) is 11.1. The van der Waals surface area contributed by atoms with Crippen molar-refractivity contribution in [3.8, 4) is 5.75 Å². The fourth-order valence-electron chi connectivity index (χ4n) is 6.02. The van der Waals surface area contributed by atoms with Crippen LogP contribution in [0.5, 0.6) is 5.75 Å². The third-order valence-corrected chi connectivity index (χ3v) is 8.43. The Bertz CT molecular complexity index is 981. The molecule has 192 valence electrons. The lowest BCUT2D eigenvalue weighted by atomic mass is 9.61.